The number of halogens is 3. The molecule has 0 saturated carbocycles. The first-order valence-electron chi connectivity index (χ1n) is 4.69. The fourth-order valence-electron chi connectivity index (χ4n) is 1.18. The Balaban J connectivity index is 2.24. The quantitative estimate of drug-likeness (QED) is 0.790. The lowest BCUT2D eigenvalue weighted by Crippen LogP contribution is -1.92. The topological polar surface area (TPSA) is 35.0 Å². The van der Waals surface area contributed by atoms with E-state index < -0.39 is 0 Å². The highest BCUT2D eigenvalue weighted by Gasteiger charge is 2.05. The zero-order chi connectivity index (χ0) is 12.3. The van der Waals surface area contributed by atoms with Crippen molar-refractivity contribution in [2.75, 3.05) is 0 Å². The molecule has 17 heavy (non-hydrogen) atoms. The molecule has 0 aromatic carbocycles. The van der Waals surface area contributed by atoms with Crippen molar-refractivity contribution in [3.63, 3.8) is 0 Å². The molecular formula is C11H7Cl3N2O. The summed E-state index contributed by atoms with van der Waals surface area (Å²) in [7, 11) is 0. The Bertz CT molecular complexity index is 534. The van der Waals surface area contributed by atoms with E-state index in [1.807, 2.05) is 0 Å². The molecule has 0 amide bonds. The van der Waals surface area contributed by atoms with Crippen molar-refractivity contribution in [1.82, 2.24) is 9.97 Å². The van der Waals surface area contributed by atoms with Gasteiger partial charge in [0, 0.05) is 18.3 Å². The number of hydrogen-bond acceptors (Lipinski definition) is 3. The molecule has 3 nitrogen and oxygen atoms in total. The highest BCUT2D eigenvalue weighted by molar-refractivity contribution is 6.32. The van der Waals surface area contributed by atoms with E-state index in [-0.39, 0.29) is 5.88 Å². The summed E-state index contributed by atoms with van der Waals surface area (Å²) >= 11 is 17.4. The molecule has 0 fully saturated rings. The number of pyridine rings is 2. The largest absolute Gasteiger partial charge is 0.437 e. The minimum absolute atomic E-state index is 0.226. The molecule has 2 rings (SSSR count). The van der Waals surface area contributed by atoms with Crippen LogP contribution in [-0.4, -0.2) is 9.97 Å². The summed E-state index contributed by atoms with van der Waals surface area (Å²) in [5, 5.41) is 1.01. The fraction of sp³-hybridized carbons (Fsp3) is 0.0909. The number of ether oxygens (including phenoxy) is 1. The smallest absolute Gasteiger partial charge is 0.219 e. The van der Waals surface area contributed by atoms with Crippen molar-refractivity contribution in [2.24, 2.45) is 0 Å². The van der Waals surface area contributed by atoms with E-state index in [2.05, 4.69) is 9.97 Å². The molecule has 2 aromatic heterocycles. The van der Waals surface area contributed by atoms with Gasteiger partial charge in [-0.2, -0.15) is 0 Å². The van der Waals surface area contributed by atoms with Crippen LogP contribution in [0, 0.1) is 0 Å². The van der Waals surface area contributed by atoms with Crippen LogP contribution in [0.5, 0.6) is 11.6 Å². The van der Waals surface area contributed by atoms with Crippen LogP contribution >= 0.6 is 34.8 Å². The maximum absolute atomic E-state index is 5.89. The van der Waals surface area contributed by atoms with Crippen LogP contribution in [0.1, 0.15) is 5.69 Å². The predicted molar refractivity (Wildman–Crippen MR) is 68.1 cm³/mol. The molecule has 0 radical (unpaired) electrons. The van der Waals surface area contributed by atoms with Gasteiger partial charge in [-0.1, -0.05) is 23.2 Å². The number of aromatic nitrogens is 2. The van der Waals surface area contributed by atoms with Gasteiger partial charge in [-0.3, -0.25) is 4.98 Å². The van der Waals surface area contributed by atoms with Gasteiger partial charge >= 0.3 is 0 Å². The second-order valence-corrected chi connectivity index (χ2v) is 4.26. The lowest BCUT2D eigenvalue weighted by Gasteiger charge is -2.06. The SMILES string of the molecule is ClCc1nc(Oc2cncc(Cl)c2)ccc1Cl. The predicted octanol–water partition coefficient (Wildman–Crippen LogP) is 4.31. The first kappa shape index (κ1) is 12.4. The van der Waals surface area contributed by atoms with Gasteiger partial charge in [0.2, 0.25) is 5.88 Å². The number of alkyl halides is 1. The first-order valence-corrected chi connectivity index (χ1v) is 5.98. The highest BCUT2D eigenvalue weighted by atomic mass is 35.5. The fourth-order valence-corrected chi connectivity index (χ4v) is 1.79. The van der Waals surface area contributed by atoms with E-state index in [0.29, 0.717) is 27.4 Å². The molecule has 0 aliphatic heterocycles. The van der Waals surface area contributed by atoms with E-state index in [1.165, 1.54) is 6.20 Å². The minimum atomic E-state index is 0.226. The van der Waals surface area contributed by atoms with Gasteiger partial charge in [-0.15, -0.1) is 11.6 Å². The second kappa shape index (κ2) is 5.54. The lowest BCUT2D eigenvalue weighted by molar-refractivity contribution is 0.459. The van der Waals surface area contributed by atoms with Crippen molar-refractivity contribution in [2.45, 2.75) is 5.88 Å². The van der Waals surface area contributed by atoms with Crippen molar-refractivity contribution in [3.05, 3.63) is 46.3 Å². The van der Waals surface area contributed by atoms with Gasteiger partial charge in [-0.25, -0.2) is 4.98 Å². The summed E-state index contributed by atoms with van der Waals surface area (Å²) in [5.74, 6) is 1.13. The van der Waals surface area contributed by atoms with Crippen LogP contribution < -0.4 is 4.74 Å². The average Bonchev–Trinajstić information content (AvgIpc) is 2.32. The van der Waals surface area contributed by atoms with Gasteiger partial charge in [0.1, 0.15) is 5.75 Å². The zero-order valence-corrected chi connectivity index (χ0v) is 10.8. The normalized spacial score (nSPS) is 10.3. The molecule has 0 saturated heterocycles. The Hall–Kier alpha value is -1.03. The molecule has 0 aliphatic carbocycles. The summed E-state index contributed by atoms with van der Waals surface area (Å²) < 4.78 is 5.48. The minimum Gasteiger partial charge on any atom is -0.437 e. The maximum Gasteiger partial charge on any atom is 0.219 e. The van der Waals surface area contributed by atoms with Gasteiger partial charge in [-0.05, 0) is 6.07 Å². The van der Waals surface area contributed by atoms with Crippen LogP contribution in [0.15, 0.2) is 30.6 Å². The second-order valence-electron chi connectivity index (χ2n) is 3.15. The molecule has 0 bridgehead atoms. The van der Waals surface area contributed by atoms with Crippen LogP contribution in [-0.2, 0) is 5.88 Å². The van der Waals surface area contributed by atoms with Crippen LogP contribution in [0.4, 0.5) is 0 Å². The first-order chi connectivity index (χ1) is 8.19. The van der Waals surface area contributed by atoms with E-state index >= 15 is 0 Å². The highest BCUT2D eigenvalue weighted by Crippen LogP contribution is 2.24. The Morgan fingerprint density at radius 2 is 2.00 bits per heavy atom. The maximum atomic E-state index is 5.89. The Morgan fingerprint density at radius 3 is 2.71 bits per heavy atom. The van der Waals surface area contributed by atoms with Gasteiger partial charge < -0.3 is 4.74 Å². The molecule has 2 heterocycles. The Labute approximate surface area is 113 Å². The van der Waals surface area contributed by atoms with Crippen LogP contribution in [0.3, 0.4) is 0 Å². The molecule has 0 aliphatic rings. The van der Waals surface area contributed by atoms with Crippen LogP contribution in [0.2, 0.25) is 10.0 Å². The Kier molecular flexibility index (Phi) is 4.05. The van der Waals surface area contributed by atoms with Gasteiger partial charge in [0.05, 0.1) is 27.8 Å². The van der Waals surface area contributed by atoms with Crippen molar-refractivity contribution >= 4 is 34.8 Å². The average molecular weight is 290 g/mol. The summed E-state index contributed by atoms with van der Waals surface area (Å²) in [6.45, 7) is 0. The van der Waals surface area contributed by atoms with Crippen LogP contribution in [0.25, 0.3) is 0 Å². The van der Waals surface area contributed by atoms with E-state index in [9.17, 15) is 0 Å². The standard InChI is InChI=1S/C11H7Cl3N2O/c12-4-10-9(14)1-2-11(16-10)17-8-3-7(13)5-15-6-8/h1-3,5-6H,4H2. The van der Waals surface area contributed by atoms with Crippen molar-refractivity contribution in [1.29, 1.82) is 0 Å². The number of rotatable bonds is 3. The zero-order valence-electron chi connectivity index (χ0n) is 8.53. The third-order valence-electron chi connectivity index (χ3n) is 1.92. The molecule has 0 N–H and O–H groups in total. The number of nitrogens with zero attached hydrogens (tertiary/aromatic N) is 2. The summed E-state index contributed by atoms with van der Waals surface area (Å²) in [4.78, 5) is 8.06. The molecule has 0 unspecified atom stereocenters. The number of hydrogen-bond donors (Lipinski definition) is 0. The van der Waals surface area contributed by atoms with E-state index in [1.54, 1.807) is 24.4 Å². The molecular weight excluding hydrogens is 282 g/mol. The van der Waals surface area contributed by atoms with Crippen molar-refractivity contribution < 1.29 is 4.74 Å². The Morgan fingerprint density at radius 1 is 1.18 bits per heavy atom. The monoisotopic (exact) mass is 288 g/mol. The van der Waals surface area contributed by atoms with Crippen molar-refractivity contribution in [3.8, 4) is 11.6 Å². The third-order valence-corrected chi connectivity index (χ3v) is 2.73. The molecule has 88 valence electrons. The van der Waals surface area contributed by atoms with Gasteiger partial charge in [0.15, 0.2) is 0 Å². The molecule has 6 heteroatoms. The third kappa shape index (κ3) is 3.22. The summed E-state index contributed by atoms with van der Waals surface area (Å²) in [5.41, 5.74) is 0.570. The summed E-state index contributed by atoms with van der Waals surface area (Å²) in [6.07, 6.45) is 3.07. The molecule has 0 atom stereocenters. The van der Waals surface area contributed by atoms with Gasteiger partial charge in [0.25, 0.3) is 0 Å². The van der Waals surface area contributed by atoms with E-state index in [0.717, 1.165) is 0 Å². The summed E-state index contributed by atoms with van der Waals surface area (Å²) in [6, 6.07) is 4.98. The lowest BCUT2D eigenvalue weighted by atomic mass is 10.4. The van der Waals surface area contributed by atoms with E-state index in [4.69, 9.17) is 39.5 Å². The molecule has 2 aromatic rings. The molecule has 0 spiro atoms.